The molecule has 20 heavy (non-hydrogen) atoms. The van der Waals surface area contributed by atoms with Crippen LogP contribution in [0.1, 0.15) is 49.9 Å². The zero-order valence-electron chi connectivity index (χ0n) is 12.5. The van der Waals surface area contributed by atoms with E-state index in [2.05, 4.69) is 36.6 Å². The van der Waals surface area contributed by atoms with Gasteiger partial charge in [0, 0.05) is 19.1 Å². The Morgan fingerprint density at radius 3 is 2.60 bits per heavy atom. The standard InChI is InChI=1S/C16H25N3O/c1-10(2)8-15(16(20)18-3)19-14-9-13(17)11-6-4-5-7-12(11)14/h4-7,10,13-15,19H,8-9,17H2,1-3H3,(H,18,20). The van der Waals surface area contributed by atoms with Crippen LogP contribution in [0.3, 0.4) is 0 Å². The van der Waals surface area contributed by atoms with Gasteiger partial charge in [-0.15, -0.1) is 0 Å². The Morgan fingerprint density at radius 1 is 1.35 bits per heavy atom. The lowest BCUT2D eigenvalue weighted by Crippen LogP contribution is -2.45. The molecule has 1 aromatic rings. The molecule has 0 fully saturated rings. The predicted octanol–water partition coefficient (Wildman–Crippen LogP) is 1.88. The van der Waals surface area contributed by atoms with Gasteiger partial charge < -0.3 is 11.1 Å². The molecular weight excluding hydrogens is 250 g/mol. The molecule has 0 saturated heterocycles. The van der Waals surface area contributed by atoms with E-state index in [0.717, 1.165) is 12.8 Å². The molecule has 0 aliphatic heterocycles. The fourth-order valence-corrected chi connectivity index (χ4v) is 2.97. The minimum Gasteiger partial charge on any atom is -0.358 e. The zero-order valence-corrected chi connectivity index (χ0v) is 12.5. The summed E-state index contributed by atoms with van der Waals surface area (Å²) < 4.78 is 0. The summed E-state index contributed by atoms with van der Waals surface area (Å²) in [5.74, 6) is 0.520. The van der Waals surface area contributed by atoms with Crippen LogP contribution in [-0.4, -0.2) is 19.0 Å². The first-order valence-corrected chi connectivity index (χ1v) is 7.35. The Balaban J connectivity index is 2.14. The number of benzene rings is 1. The van der Waals surface area contributed by atoms with Gasteiger partial charge in [-0.2, -0.15) is 0 Å². The highest BCUT2D eigenvalue weighted by Gasteiger charge is 2.31. The van der Waals surface area contributed by atoms with E-state index in [1.165, 1.54) is 11.1 Å². The minimum atomic E-state index is -0.164. The number of carbonyl (C=O) groups is 1. The van der Waals surface area contributed by atoms with Crippen molar-refractivity contribution in [1.29, 1.82) is 0 Å². The van der Waals surface area contributed by atoms with Crippen LogP contribution in [-0.2, 0) is 4.79 Å². The molecule has 0 radical (unpaired) electrons. The fourth-order valence-electron chi connectivity index (χ4n) is 2.97. The topological polar surface area (TPSA) is 67.2 Å². The summed E-state index contributed by atoms with van der Waals surface area (Å²) in [7, 11) is 1.69. The van der Waals surface area contributed by atoms with Gasteiger partial charge >= 0.3 is 0 Å². The molecule has 2 rings (SSSR count). The van der Waals surface area contributed by atoms with Crippen molar-refractivity contribution in [3.63, 3.8) is 0 Å². The third kappa shape index (κ3) is 3.19. The number of nitrogens with two attached hydrogens (primary N) is 1. The Hall–Kier alpha value is -1.39. The molecule has 3 atom stereocenters. The van der Waals surface area contributed by atoms with E-state index >= 15 is 0 Å². The van der Waals surface area contributed by atoms with Crippen LogP contribution in [0.25, 0.3) is 0 Å². The third-order valence-corrected chi connectivity index (χ3v) is 3.93. The van der Waals surface area contributed by atoms with E-state index < -0.39 is 0 Å². The van der Waals surface area contributed by atoms with Gasteiger partial charge in [-0.25, -0.2) is 0 Å². The number of rotatable bonds is 5. The zero-order chi connectivity index (χ0) is 14.7. The second-order valence-corrected chi connectivity index (χ2v) is 5.99. The lowest BCUT2D eigenvalue weighted by molar-refractivity contribution is -0.123. The van der Waals surface area contributed by atoms with E-state index in [4.69, 9.17) is 5.73 Å². The largest absolute Gasteiger partial charge is 0.358 e. The highest BCUT2D eigenvalue weighted by molar-refractivity contribution is 5.81. The Kier molecular flexibility index (Phi) is 4.78. The molecule has 4 heteroatoms. The lowest BCUT2D eigenvalue weighted by atomic mass is 10.0. The average molecular weight is 275 g/mol. The molecule has 1 aliphatic rings. The smallest absolute Gasteiger partial charge is 0.236 e. The van der Waals surface area contributed by atoms with Crippen LogP contribution in [0.2, 0.25) is 0 Å². The SMILES string of the molecule is CNC(=O)C(CC(C)C)NC1CC(N)c2ccccc21. The summed E-state index contributed by atoms with van der Waals surface area (Å²) in [4.78, 5) is 12.0. The average Bonchev–Trinajstić information content (AvgIpc) is 2.74. The van der Waals surface area contributed by atoms with Crippen LogP contribution in [0, 0.1) is 5.92 Å². The number of likely N-dealkylation sites (N-methyl/N-ethyl adjacent to an activating group) is 1. The summed E-state index contributed by atoms with van der Waals surface area (Å²) in [5, 5.41) is 6.24. The molecule has 1 amide bonds. The molecule has 0 spiro atoms. The van der Waals surface area contributed by atoms with Gasteiger partial charge in [-0.05, 0) is 29.9 Å². The van der Waals surface area contributed by atoms with Crippen molar-refractivity contribution in [3.05, 3.63) is 35.4 Å². The van der Waals surface area contributed by atoms with E-state index in [1.54, 1.807) is 7.05 Å². The summed E-state index contributed by atoms with van der Waals surface area (Å²) in [6.45, 7) is 4.26. The van der Waals surface area contributed by atoms with Gasteiger partial charge in [-0.1, -0.05) is 38.1 Å². The van der Waals surface area contributed by atoms with Gasteiger partial charge in [0.05, 0.1) is 6.04 Å². The van der Waals surface area contributed by atoms with E-state index in [1.807, 2.05) is 12.1 Å². The van der Waals surface area contributed by atoms with Gasteiger partial charge in [0.15, 0.2) is 0 Å². The van der Waals surface area contributed by atoms with Crippen LogP contribution in [0.4, 0.5) is 0 Å². The molecule has 1 aromatic carbocycles. The first kappa shape index (κ1) is 15.0. The molecule has 0 aromatic heterocycles. The quantitative estimate of drug-likeness (QED) is 0.768. The summed E-state index contributed by atoms with van der Waals surface area (Å²) in [6, 6.07) is 8.31. The number of nitrogens with one attached hydrogen (secondary N) is 2. The lowest BCUT2D eigenvalue weighted by Gasteiger charge is -2.24. The van der Waals surface area contributed by atoms with Gasteiger partial charge in [0.1, 0.15) is 0 Å². The molecule has 110 valence electrons. The van der Waals surface area contributed by atoms with Crippen molar-refractivity contribution in [1.82, 2.24) is 10.6 Å². The van der Waals surface area contributed by atoms with Gasteiger partial charge in [0.2, 0.25) is 5.91 Å². The summed E-state index contributed by atoms with van der Waals surface area (Å²) in [6.07, 6.45) is 1.68. The maximum atomic E-state index is 12.0. The first-order valence-electron chi connectivity index (χ1n) is 7.35. The molecule has 4 N–H and O–H groups in total. The van der Waals surface area contributed by atoms with Crippen LogP contribution < -0.4 is 16.4 Å². The van der Waals surface area contributed by atoms with Crippen molar-refractivity contribution in [3.8, 4) is 0 Å². The predicted molar refractivity (Wildman–Crippen MR) is 81.2 cm³/mol. The molecule has 0 saturated carbocycles. The highest BCUT2D eigenvalue weighted by atomic mass is 16.2. The number of hydrogen-bond donors (Lipinski definition) is 3. The van der Waals surface area contributed by atoms with Crippen molar-refractivity contribution in [2.45, 2.75) is 44.8 Å². The highest BCUT2D eigenvalue weighted by Crippen LogP contribution is 2.37. The number of carbonyl (C=O) groups excluding carboxylic acids is 1. The van der Waals surface area contributed by atoms with Crippen molar-refractivity contribution in [2.75, 3.05) is 7.05 Å². The maximum Gasteiger partial charge on any atom is 0.236 e. The minimum absolute atomic E-state index is 0.0525. The van der Waals surface area contributed by atoms with E-state index in [-0.39, 0.29) is 24.0 Å². The van der Waals surface area contributed by atoms with Crippen molar-refractivity contribution >= 4 is 5.91 Å². The Bertz CT molecular complexity index is 473. The monoisotopic (exact) mass is 275 g/mol. The van der Waals surface area contributed by atoms with Crippen molar-refractivity contribution in [2.24, 2.45) is 11.7 Å². The fraction of sp³-hybridized carbons (Fsp3) is 0.562. The van der Waals surface area contributed by atoms with Crippen molar-refractivity contribution < 1.29 is 4.79 Å². The second kappa shape index (κ2) is 6.37. The third-order valence-electron chi connectivity index (χ3n) is 3.93. The molecule has 0 heterocycles. The number of amides is 1. The van der Waals surface area contributed by atoms with Gasteiger partial charge in [0.25, 0.3) is 0 Å². The van der Waals surface area contributed by atoms with E-state index in [9.17, 15) is 4.79 Å². The second-order valence-electron chi connectivity index (χ2n) is 5.99. The molecule has 1 aliphatic carbocycles. The first-order chi connectivity index (χ1) is 9.52. The molecule has 3 unspecified atom stereocenters. The normalized spacial score (nSPS) is 22.6. The van der Waals surface area contributed by atoms with Crippen LogP contribution in [0.5, 0.6) is 0 Å². The van der Waals surface area contributed by atoms with Crippen LogP contribution in [0.15, 0.2) is 24.3 Å². The molecule has 0 bridgehead atoms. The Labute approximate surface area is 121 Å². The summed E-state index contributed by atoms with van der Waals surface area (Å²) in [5.41, 5.74) is 8.61. The molecular formula is C16H25N3O. The number of fused-ring (bicyclic) bond motifs is 1. The summed E-state index contributed by atoms with van der Waals surface area (Å²) >= 11 is 0. The Morgan fingerprint density at radius 2 is 2.00 bits per heavy atom. The van der Waals surface area contributed by atoms with Crippen LogP contribution >= 0.6 is 0 Å². The van der Waals surface area contributed by atoms with E-state index in [0.29, 0.717) is 5.92 Å². The molecule has 4 nitrogen and oxygen atoms in total. The van der Waals surface area contributed by atoms with Gasteiger partial charge in [-0.3, -0.25) is 10.1 Å². The number of hydrogen-bond acceptors (Lipinski definition) is 3. The maximum absolute atomic E-state index is 12.0.